The Morgan fingerprint density at radius 2 is 1.84 bits per heavy atom. The van der Waals surface area contributed by atoms with Crippen molar-refractivity contribution in [3.8, 4) is 0 Å². The molecule has 2 bridgehead atoms. The van der Waals surface area contributed by atoms with Gasteiger partial charge in [0.2, 0.25) is 0 Å². The Balaban J connectivity index is 1.84. The van der Waals surface area contributed by atoms with Gasteiger partial charge in [-0.15, -0.1) is 0 Å². The van der Waals surface area contributed by atoms with Crippen LogP contribution < -0.4 is 5.32 Å². The highest BCUT2D eigenvalue weighted by Gasteiger charge is 2.32. The zero-order valence-electron chi connectivity index (χ0n) is 11.8. The maximum absolute atomic E-state index is 12.8. The first kappa shape index (κ1) is 12.7. The number of hydrogen-bond donors (Lipinski definition) is 1. The van der Waals surface area contributed by atoms with E-state index in [-0.39, 0.29) is 5.91 Å². The molecule has 2 atom stereocenters. The van der Waals surface area contributed by atoms with Gasteiger partial charge in [0.15, 0.2) is 0 Å². The summed E-state index contributed by atoms with van der Waals surface area (Å²) in [6.45, 7) is 5.81. The van der Waals surface area contributed by atoms with Gasteiger partial charge in [-0.05, 0) is 44.2 Å². The summed E-state index contributed by atoms with van der Waals surface area (Å²) >= 11 is 0. The van der Waals surface area contributed by atoms with E-state index in [9.17, 15) is 4.79 Å². The van der Waals surface area contributed by atoms with Crippen LogP contribution in [0.1, 0.15) is 40.7 Å². The second-order valence-electron chi connectivity index (χ2n) is 5.94. The topological polar surface area (TPSA) is 32.3 Å². The van der Waals surface area contributed by atoms with Crippen LogP contribution in [0.5, 0.6) is 0 Å². The molecule has 2 aliphatic heterocycles. The van der Waals surface area contributed by atoms with Crippen LogP contribution in [0, 0.1) is 13.8 Å². The van der Waals surface area contributed by atoms with Crippen LogP contribution >= 0.6 is 0 Å². The highest BCUT2D eigenvalue weighted by Crippen LogP contribution is 2.23. The average Bonchev–Trinajstić information content (AvgIpc) is 2.68. The van der Waals surface area contributed by atoms with Gasteiger partial charge in [-0.25, -0.2) is 0 Å². The number of fused-ring (bicyclic) bond motifs is 2. The van der Waals surface area contributed by atoms with Gasteiger partial charge in [0.25, 0.3) is 5.91 Å². The lowest BCUT2D eigenvalue weighted by Crippen LogP contribution is -2.39. The Labute approximate surface area is 115 Å². The number of nitrogens with zero attached hydrogens (tertiary/aromatic N) is 1. The van der Waals surface area contributed by atoms with E-state index >= 15 is 0 Å². The Hall–Kier alpha value is -1.35. The fourth-order valence-corrected chi connectivity index (χ4v) is 3.44. The molecule has 2 fully saturated rings. The zero-order chi connectivity index (χ0) is 13.4. The maximum Gasteiger partial charge on any atom is 0.254 e. The number of carbonyl (C=O) groups is 1. The highest BCUT2D eigenvalue weighted by molar-refractivity contribution is 5.97. The molecule has 0 radical (unpaired) electrons. The Morgan fingerprint density at radius 1 is 1.16 bits per heavy atom. The lowest BCUT2D eigenvalue weighted by molar-refractivity contribution is 0.0746. The highest BCUT2D eigenvalue weighted by atomic mass is 16.2. The van der Waals surface area contributed by atoms with Crippen molar-refractivity contribution in [2.75, 3.05) is 13.1 Å². The van der Waals surface area contributed by atoms with Crippen LogP contribution in [0.15, 0.2) is 18.2 Å². The smallest absolute Gasteiger partial charge is 0.254 e. The van der Waals surface area contributed by atoms with Crippen LogP contribution in [0.3, 0.4) is 0 Å². The van der Waals surface area contributed by atoms with Gasteiger partial charge in [0.05, 0.1) is 0 Å². The minimum absolute atomic E-state index is 0.213. The SMILES string of the molecule is Cc1cccc(C)c1C(=O)N1CCC2CCC(C1)N2. The second-order valence-corrected chi connectivity index (χ2v) is 5.94. The first-order valence-corrected chi connectivity index (χ1v) is 7.26. The van der Waals surface area contributed by atoms with Crippen LogP contribution in [-0.2, 0) is 0 Å². The Morgan fingerprint density at radius 3 is 2.58 bits per heavy atom. The molecule has 0 spiro atoms. The van der Waals surface area contributed by atoms with E-state index in [0.717, 1.165) is 36.2 Å². The normalized spacial score (nSPS) is 26.3. The molecule has 0 aliphatic carbocycles. The lowest BCUT2D eigenvalue weighted by atomic mass is 10.0. The Kier molecular flexibility index (Phi) is 3.31. The maximum atomic E-state index is 12.8. The summed E-state index contributed by atoms with van der Waals surface area (Å²) in [5.41, 5.74) is 3.08. The number of hydrogen-bond acceptors (Lipinski definition) is 2. The second kappa shape index (κ2) is 4.97. The third-order valence-electron chi connectivity index (χ3n) is 4.51. The molecule has 3 nitrogen and oxygen atoms in total. The minimum atomic E-state index is 0.213. The molecule has 1 aromatic rings. The molecular formula is C16H22N2O. The van der Waals surface area contributed by atoms with Gasteiger partial charge in [0.1, 0.15) is 0 Å². The Bertz CT molecular complexity index is 477. The largest absolute Gasteiger partial charge is 0.337 e. The van der Waals surface area contributed by atoms with Crippen molar-refractivity contribution >= 4 is 5.91 Å². The first-order chi connectivity index (χ1) is 9.15. The number of benzene rings is 1. The summed E-state index contributed by atoms with van der Waals surface area (Å²) in [7, 11) is 0. The summed E-state index contributed by atoms with van der Waals surface area (Å²) in [6, 6.07) is 7.21. The van der Waals surface area contributed by atoms with E-state index < -0.39 is 0 Å². The molecule has 3 heteroatoms. The summed E-state index contributed by atoms with van der Waals surface area (Å²) in [6.07, 6.45) is 3.57. The molecule has 2 unspecified atom stereocenters. The van der Waals surface area contributed by atoms with Crippen LogP contribution in [0.25, 0.3) is 0 Å². The number of carbonyl (C=O) groups excluding carboxylic acids is 1. The molecule has 102 valence electrons. The zero-order valence-corrected chi connectivity index (χ0v) is 11.8. The van der Waals surface area contributed by atoms with Gasteiger partial charge < -0.3 is 10.2 Å². The number of aryl methyl sites for hydroxylation is 2. The average molecular weight is 258 g/mol. The molecule has 1 N–H and O–H groups in total. The third-order valence-corrected chi connectivity index (χ3v) is 4.51. The molecule has 2 aliphatic rings. The van der Waals surface area contributed by atoms with E-state index in [2.05, 4.69) is 5.32 Å². The quantitative estimate of drug-likeness (QED) is 0.838. The fraction of sp³-hybridized carbons (Fsp3) is 0.562. The van der Waals surface area contributed by atoms with Gasteiger partial charge in [-0.2, -0.15) is 0 Å². The molecule has 19 heavy (non-hydrogen) atoms. The summed E-state index contributed by atoms with van der Waals surface area (Å²) < 4.78 is 0. The summed E-state index contributed by atoms with van der Waals surface area (Å²) in [4.78, 5) is 14.8. The predicted molar refractivity (Wildman–Crippen MR) is 76.4 cm³/mol. The monoisotopic (exact) mass is 258 g/mol. The predicted octanol–water partition coefficient (Wildman–Crippen LogP) is 2.27. The van der Waals surface area contributed by atoms with Crippen molar-refractivity contribution in [1.82, 2.24) is 10.2 Å². The van der Waals surface area contributed by atoms with Crippen molar-refractivity contribution in [2.24, 2.45) is 0 Å². The van der Waals surface area contributed by atoms with E-state index in [1.165, 1.54) is 12.8 Å². The molecule has 1 aromatic carbocycles. The molecule has 0 aromatic heterocycles. The molecule has 3 rings (SSSR count). The lowest BCUT2D eigenvalue weighted by Gasteiger charge is -2.25. The summed E-state index contributed by atoms with van der Waals surface area (Å²) in [5.74, 6) is 0.213. The van der Waals surface area contributed by atoms with Gasteiger partial charge in [-0.1, -0.05) is 18.2 Å². The molecular weight excluding hydrogens is 236 g/mol. The van der Waals surface area contributed by atoms with Gasteiger partial charge >= 0.3 is 0 Å². The standard InChI is InChI=1S/C16H22N2O/c1-11-4-3-5-12(2)15(11)16(19)18-9-8-13-6-7-14(10-18)17-13/h3-5,13-14,17H,6-10H2,1-2H3. The first-order valence-electron chi connectivity index (χ1n) is 7.26. The van der Waals surface area contributed by atoms with E-state index in [1.54, 1.807) is 0 Å². The third kappa shape index (κ3) is 2.39. The van der Waals surface area contributed by atoms with E-state index in [1.807, 2.05) is 36.9 Å². The van der Waals surface area contributed by atoms with Crippen molar-refractivity contribution in [1.29, 1.82) is 0 Å². The molecule has 0 saturated carbocycles. The van der Waals surface area contributed by atoms with E-state index in [4.69, 9.17) is 0 Å². The fourth-order valence-electron chi connectivity index (χ4n) is 3.44. The molecule has 1 amide bonds. The van der Waals surface area contributed by atoms with Crippen LogP contribution in [0.4, 0.5) is 0 Å². The van der Waals surface area contributed by atoms with E-state index in [0.29, 0.717) is 12.1 Å². The van der Waals surface area contributed by atoms with Crippen molar-refractivity contribution in [2.45, 2.75) is 45.2 Å². The van der Waals surface area contributed by atoms with Crippen LogP contribution in [-0.4, -0.2) is 36.0 Å². The van der Waals surface area contributed by atoms with Crippen molar-refractivity contribution in [3.05, 3.63) is 34.9 Å². The van der Waals surface area contributed by atoms with Crippen molar-refractivity contribution < 1.29 is 4.79 Å². The number of likely N-dealkylation sites (tertiary alicyclic amines) is 1. The number of nitrogens with one attached hydrogen (secondary N) is 1. The molecule has 2 saturated heterocycles. The number of rotatable bonds is 1. The van der Waals surface area contributed by atoms with Gasteiger partial charge in [-0.3, -0.25) is 4.79 Å². The van der Waals surface area contributed by atoms with Crippen molar-refractivity contribution in [3.63, 3.8) is 0 Å². The minimum Gasteiger partial charge on any atom is -0.337 e. The molecule has 2 heterocycles. The number of amides is 1. The van der Waals surface area contributed by atoms with Gasteiger partial charge in [0, 0.05) is 30.7 Å². The summed E-state index contributed by atoms with van der Waals surface area (Å²) in [5, 5.41) is 3.62. The van der Waals surface area contributed by atoms with Crippen LogP contribution in [0.2, 0.25) is 0 Å².